The van der Waals surface area contributed by atoms with Crippen molar-refractivity contribution in [3.63, 3.8) is 0 Å². The minimum Gasteiger partial charge on any atom is -0.331 e. The number of sulfonamides is 1. The molecule has 0 bridgehead atoms. The summed E-state index contributed by atoms with van der Waals surface area (Å²) >= 11 is 0. The van der Waals surface area contributed by atoms with Crippen molar-refractivity contribution in [2.45, 2.75) is 18.2 Å². The summed E-state index contributed by atoms with van der Waals surface area (Å²) in [6.07, 6.45) is 0.623. The van der Waals surface area contributed by atoms with Crippen molar-refractivity contribution in [3.8, 4) is 0 Å². The molecule has 0 spiro atoms. The van der Waals surface area contributed by atoms with E-state index in [1.54, 1.807) is 30.3 Å². The SMILES string of the molecule is Cc1nc2cc(CCNS(=O)(=O)c3ccccc3)ccc2n1C. The van der Waals surface area contributed by atoms with E-state index in [4.69, 9.17) is 0 Å². The van der Waals surface area contributed by atoms with Crippen LogP contribution in [0.1, 0.15) is 11.4 Å². The molecule has 0 amide bonds. The number of hydrogen-bond acceptors (Lipinski definition) is 3. The summed E-state index contributed by atoms with van der Waals surface area (Å²) in [6, 6.07) is 14.5. The van der Waals surface area contributed by atoms with Crippen molar-refractivity contribution in [1.29, 1.82) is 0 Å². The summed E-state index contributed by atoms with van der Waals surface area (Å²) < 4.78 is 29.0. The van der Waals surface area contributed by atoms with E-state index >= 15 is 0 Å². The van der Waals surface area contributed by atoms with Crippen LogP contribution >= 0.6 is 0 Å². The Labute approximate surface area is 136 Å². The molecular weight excluding hydrogens is 310 g/mol. The highest BCUT2D eigenvalue weighted by Crippen LogP contribution is 2.16. The summed E-state index contributed by atoms with van der Waals surface area (Å²) in [6.45, 7) is 2.32. The molecule has 1 aromatic heterocycles. The number of hydrogen-bond donors (Lipinski definition) is 1. The fourth-order valence-electron chi connectivity index (χ4n) is 2.53. The minimum atomic E-state index is -3.45. The van der Waals surface area contributed by atoms with E-state index in [9.17, 15) is 8.42 Å². The van der Waals surface area contributed by atoms with Gasteiger partial charge >= 0.3 is 0 Å². The first kappa shape index (κ1) is 15.7. The zero-order chi connectivity index (χ0) is 16.4. The Balaban J connectivity index is 1.69. The summed E-state index contributed by atoms with van der Waals surface area (Å²) in [5, 5.41) is 0. The first-order valence-corrected chi connectivity index (χ1v) is 8.92. The maximum Gasteiger partial charge on any atom is 0.240 e. The molecule has 0 aliphatic carbocycles. The summed E-state index contributed by atoms with van der Waals surface area (Å²) in [5.41, 5.74) is 3.08. The van der Waals surface area contributed by atoms with E-state index in [1.165, 1.54) is 0 Å². The third-order valence-electron chi connectivity index (χ3n) is 3.93. The fourth-order valence-corrected chi connectivity index (χ4v) is 3.59. The van der Waals surface area contributed by atoms with Gasteiger partial charge in [0.2, 0.25) is 10.0 Å². The molecule has 3 aromatic rings. The van der Waals surface area contributed by atoms with Gasteiger partial charge in [-0.1, -0.05) is 24.3 Å². The fraction of sp³-hybridized carbons (Fsp3) is 0.235. The van der Waals surface area contributed by atoms with Gasteiger partial charge < -0.3 is 4.57 Å². The molecule has 1 heterocycles. The third kappa shape index (κ3) is 3.28. The van der Waals surface area contributed by atoms with Crippen LogP contribution in [0.25, 0.3) is 11.0 Å². The lowest BCUT2D eigenvalue weighted by atomic mass is 10.1. The molecule has 120 valence electrons. The molecule has 23 heavy (non-hydrogen) atoms. The number of nitrogens with one attached hydrogen (secondary N) is 1. The number of aryl methyl sites for hydroxylation is 2. The van der Waals surface area contributed by atoms with Crippen LogP contribution in [0.4, 0.5) is 0 Å². The normalized spacial score (nSPS) is 11.9. The number of aromatic nitrogens is 2. The molecule has 0 aliphatic rings. The van der Waals surface area contributed by atoms with Gasteiger partial charge in [0.05, 0.1) is 15.9 Å². The standard InChI is InChI=1S/C17H19N3O2S/c1-13-19-16-12-14(8-9-17(16)20(13)2)10-11-18-23(21,22)15-6-4-3-5-7-15/h3-9,12,18H,10-11H2,1-2H3. The summed E-state index contributed by atoms with van der Waals surface area (Å²) in [4.78, 5) is 4.79. The molecule has 0 unspecified atom stereocenters. The topological polar surface area (TPSA) is 64.0 Å². The van der Waals surface area contributed by atoms with Crippen LogP contribution < -0.4 is 4.72 Å². The summed E-state index contributed by atoms with van der Waals surface area (Å²) in [7, 11) is -1.46. The Kier molecular flexibility index (Phi) is 4.19. The highest BCUT2D eigenvalue weighted by Gasteiger charge is 2.12. The van der Waals surface area contributed by atoms with Crippen molar-refractivity contribution < 1.29 is 8.42 Å². The largest absolute Gasteiger partial charge is 0.331 e. The Morgan fingerprint density at radius 3 is 2.61 bits per heavy atom. The van der Waals surface area contributed by atoms with Gasteiger partial charge in [0.25, 0.3) is 0 Å². The number of nitrogens with zero attached hydrogens (tertiary/aromatic N) is 2. The molecule has 0 saturated heterocycles. The van der Waals surface area contributed by atoms with Gasteiger partial charge in [0.1, 0.15) is 5.82 Å². The molecule has 6 heteroatoms. The van der Waals surface area contributed by atoms with E-state index in [2.05, 4.69) is 9.71 Å². The molecule has 0 fully saturated rings. The van der Waals surface area contributed by atoms with E-state index in [-0.39, 0.29) is 4.90 Å². The Morgan fingerprint density at radius 1 is 1.13 bits per heavy atom. The molecule has 0 saturated carbocycles. The average Bonchev–Trinajstić information content (AvgIpc) is 2.82. The van der Waals surface area contributed by atoms with Crippen molar-refractivity contribution in [2.75, 3.05) is 6.54 Å². The summed E-state index contributed by atoms with van der Waals surface area (Å²) in [5.74, 6) is 0.960. The number of fused-ring (bicyclic) bond motifs is 1. The van der Waals surface area contributed by atoms with E-state index in [1.807, 2.05) is 36.7 Å². The lowest BCUT2D eigenvalue weighted by Gasteiger charge is -2.07. The predicted molar refractivity (Wildman–Crippen MR) is 90.8 cm³/mol. The molecule has 3 rings (SSSR count). The molecular formula is C17H19N3O2S. The van der Waals surface area contributed by atoms with Crippen LogP contribution in [0, 0.1) is 6.92 Å². The highest BCUT2D eigenvalue weighted by molar-refractivity contribution is 7.89. The number of benzene rings is 2. The van der Waals surface area contributed by atoms with E-state index in [0.29, 0.717) is 13.0 Å². The first-order valence-electron chi connectivity index (χ1n) is 7.44. The van der Waals surface area contributed by atoms with E-state index < -0.39 is 10.0 Å². The quantitative estimate of drug-likeness (QED) is 0.782. The van der Waals surface area contributed by atoms with Gasteiger partial charge in [-0.2, -0.15) is 0 Å². The molecule has 2 aromatic carbocycles. The zero-order valence-corrected chi connectivity index (χ0v) is 14.0. The van der Waals surface area contributed by atoms with Gasteiger partial charge in [0, 0.05) is 13.6 Å². The Morgan fingerprint density at radius 2 is 1.87 bits per heavy atom. The van der Waals surface area contributed by atoms with Gasteiger partial charge in [-0.3, -0.25) is 0 Å². The third-order valence-corrected chi connectivity index (χ3v) is 5.41. The van der Waals surface area contributed by atoms with Crippen molar-refractivity contribution in [3.05, 3.63) is 59.9 Å². The minimum absolute atomic E-state index is 0.288. The monoisotopic (exact) mass is 329 g/mol. The smallest absolute Gasteiger partial charge is 0.240 e. The number of rotatable bonds is 5. The van der Waals surface area contributed by atoms with Crippen molar-refractivity contribution in [1.82, 2.24) is 14.3 Å². The zero-order valence-electron chi connectivity index (χ0n) is 13.2. The highest BCUT2D eigenvalue weighted by atomic mass is 32.2. The molecule has 0 atom stereocenters. The van der Waals surface area contributed by atoms with Gasteiger partial charge in [-0.15, -0.1) is 0 Å². The maximum atomic E-state index is 12.2. The lowest BCUT2D eigenvalue weighted by molar-refractivity contribution is 0.581. The van der Waals surface area contributed by atoms with Crippen LogP contribution in [-0.4, -0.2) is 24.5 Å². The van der Waals surface area contributed by atoms with E-state index in [0.717, 1.165) is 22.4 Å². The van der Waals surface area contributed by atoms with Crippen LogP contribution in [0.5, 0.6) is 0 Å². The molecule has 1 N–H and O–H groups in total. The second kappa shape index (κ2) is 6.14. The Bertz CT molecular complexity index is 931. The molecule has 5 nitrogen and oxygen atoms in total. The predicted octanol–water partition coefficient (Wildman–Crippen LogP) is 2.40. The van der Waals surface area contributed by atoms with Crippen molar-refractivity contribution in [2.24, 2.45) is 7.05 Å². The van der Waals surface area contributed by atoms with Gasteiger partial charge in [0.15, 0.2) is 0 Å². The second-order valence-electron chi connectivity index (χ2n) is 5.50. The Hall–Kier alpha value is -2.18. The lowest BCUT2D eigenvalue weighted by Crippen LogP contribution is -2.25. The van der Waals surface area contributed by atoms with Crippen molar-refractivity contribution >= 4 is 21.1 Å². The van der Waals surface area contributed by atoms with Crippen LogP contribution in [0.15, 0.2) is 53.4 Å². The average molecular weight is 329 g/mol. The first-order chi connectivity index (χ1) is 11.0. The second-order valence-corrected chi connectivity index (χ2v) is 7.27. The van der Waals surface area contributed by atoms with Gasteiger partial charge in [-0.05, 0) is 43.2 Å². The molecule has 0 radical (unpaired) electrons. The maximum absolute atomic E-state index is 12.2. The molecule has 0 aliphatic heterocycles. The number of imidazole rings is 1. The van der Waals surface area contributed by atoms with Crippen LogP contribution in [0.3, 0.4) is 0 Å². The van der Waals surface area contributed by atoms with Crippen LogP contribution in [0.2, 0.25) is 0 Å². The van der Waals surface area contributed by atoms with Crippen LogP contribution in [-0.2, 0) is 23.5 Å². The van der Waals surface area contributed by atoms with Gasteiger partial charge in [-0.25, -0.2) is 18.1 Å².